The van der Waals surface area contributed by atoms with Crippen LogP contribution < -0.4 is 0 Å². The average Bonchev–Trinajstić information content (AvgIpc) is 2.40. The van der Waals surface area contributed by atoms with E-state index >= 15 is 0 Å². The first-order chi connectivity index (χ1) is 8.29. The molecule has 96 valence electrons. The second-order valence-electron chi connectivity index (χ2n) is 4.78. The summed E-state index contributed by atoms with van der Waals surface area (Å²) >= 11 is 0. The van der Waals surface area contributed by atoms with Crippen molar-refractivity contribution in [3.05, 3.63) is 0 Å². The summed E-state index contributed by atoms with van der Waals surface area (Å²) in [5, 5.41) is 0. The number of piperazine rings is 1. The highest BCUT2D eigenvalue weighted by atomic mass is 16.5. The lowest BCUT2D eigenvalue weighted by atomic mass is 9.96. The lowest BCUT2D eigenvalue weighted by Gasteiger charge is -2.33. The zero-order valence-corrected chi connectivity index (χ0v) is 10.1. The van der Waals surface area contributed by atoms with E-state index in [1.165, 1.54) is 0 Å². The number of ether oxygens (including phenoxy) is 1. The Morgan fingerprint density at radius 2 is 1.82 bits per heavy atom. The summed E-state index contributed by atoms with van der Waals surface area (Å²) in [5.74, 6) is 0.725. The van der Waals surface area contributed by atoms with E-state index in [9.17, 15) is 9.59 Å². The van der Waals surface area contributed by atoms with Gasteiger partial charge in [-0.05, 0) is 18.8 Å². The topological polar surface area (TPSA) is 49.9 Å². The first-order valence-electron chi connectivity index (χ1n) is 6.34. The highest BCUT2D eigenvalue weighted by Crippen LogP contribution is 2.19. The maximum atomic E-state index is 12.0. The number of hydrogen-bond acceptors (Lipinski definition) is 3. The van der Waals surface area contributed by atoms with Crippen LogP contribution in [0.5, 0.6) is 0 Å². The van der Waals surface area contributed by atoms with E-state index in [2.05, 4.69) is 0 Å². The Morgan fingerprint density at radius 1 is 1.18 bits per heavy atom. The van der Waals surface area contributed by atoms with Crippen LogP contribution in [0.4, 0.5) is 0 Å². The molecular weight excluding hydrogens is 220 g/mol. The van der Waals surface area contributed by atoms with Crippen molar-refractivity contribution in [2.45, 2.75) is 19.3 Å². The molecule has 2 fully saturated rings. The van der Waals surface area contributed by atoms with Crippen molar-refractivity contribution in [3.8, 4) is 0 Å². The Morgan fingerprint density at radius 3 is 2.41 bits per heavy atom. The van der Waals surface area contributed by atoms with Crippen molar-refractivity contribution in [1.82, 2.24) is 9.80 Å². The summed E-state index contributed by atoms with van der Waals surface area (Å²) in [5.41, 5.74) is 0. The Labute approximate surface area is 102 Å². The van der Waals surface area contributed by atoms with E-state index in [4.69, 9.17) is 4.74 Å². The van der Waals surface area contributed by atoms with Gasteiger partial charge < -0.3 is 14.5 Å². The van der Waals surface area contributed by atoms with Crippen molar-refractivity contribution in [1.29, 1.82) is 0 Å². The summed E-state index contributed by atoms with van der Waals surface area (Å²) in [4.78, 5) is 26.2. The summed E-state index contributed by atoms with van der Waals surface area (Å²) in [6.07, 6.45) is 3.50. The molecule has 0 aromatic carbocycles. The van der Waals surface area contributed by atoms with Gasteiger partial charge in [0.1, 0.15) is 0 Å². The quantitative estimate of drug-likeness (QED) is 0.658. The summed E-state index contributed by atoms with van der Waals surface area (Å²) < 4.78 is 5.28. The van der Waals surface area contributed by atoms with Crippen LogP contribution >= 0.6 is 0 Å². The minimum absolute atomic E-state index is 0.238. The van der Waals surface area contributed by atoms with Crippen LogP contribution in [0.15, 0.2) is 0 Å². The van der Waals surface area contributed by atoms with Gasteiger partial charge in [-0.15, -0.1) is 0 Å². The van der Waals surface area contributed by atoms with Gasteiger partial charge in [-0.25, -0.2) is 0 Å². The van der Waals surface area contributed by atoms with Crippen LogP contribution in [0.1, 0.15) is 19.3 Å². The van der Waals surface area contributed by atoms with Crippen LogP contribution in [0.2, 0.25) is 0 Å². The molecule has 0 bridgehead atoms. The molecule has 0 spiro atoms. The number of nitrogens with zero attached hydrogens (tertiary/aromatic N) is 2. The molecule has 17 heavy (non-hydrogen) atoms. The van der Waals surface area contributed by atoms with Gasteiger partial charge in [0.05, 0.1) is 0 Å². The predicted molar refractivity (Wildman–Crippen MR) is 62.4 cm³/mol. The van der Waals surface area contributed by atoms with E-state index < -0.39 is 0 Å². The van der Waals surface area contributed by atoms with Crippen LogP contribution in [0.25, 0.3) is 0 Å². The van der Waals surface area contributed by atoms with Gasteiger partial charge in [-0.2, -0.15) is 0 Å². The molecule has 0 aliphatic carbocycles. The Kier molecular flexibility index (Phi) is 4.36. The molecule has 0 atom stereocenters. The summed E-state index contributed by atoms with van der Waals surface area (Å²) in [7, 11) is 0. The van der Waals surface area contributed by atoms with Crippen molar-refractivity contribution in [3.63, 3.8) is 0 Å². The molecule has 5 heteroatoms. The van der Waals surface area contributed by atoms with E-state index in [1.54, 1.807) is 4.90 Å². The molecule has 5 nitrogen and oxygen atoms in total. The normalized spacial score (nSPS) is 22.6. The fraction of sp³-hybridized carbons (Fsp3) is 0.833. The standard InChI is InChI=1S/C12H20N2O3/c15-10-13-3-5-14(6-4-13)12(16)9-11-1-7-17-8-2-11/h10-11H,1-9H2. The smallest absolute Gasteiger partial charge is 0.222 e. The van der Waals surface area contributed by atoms with Gasteiger partial charge in [0.25, 0.3) is 0 Å². The molecule has 0 unspecified atom stereocenters. The molecule has 2 aliphatic heterocycles. The monoisotopic (exact) mass is 240 g/mol. The third kappa shape index (κ3) is 3.43. The van der Waals surface area contributed by atoms with E-state index in [0.29, 0.717) is 38.5 Å². The molecule has 2 saturated heterocycles. The first-order valence-corrected chi connectivity index (χ1v) is 6.34. The van der Waals surface area contributed by atoms with Crippen molar-refractivity contribution in [2.75, 3.05) is 39.4 Å². The van der Waals surface area contributed by atoms with Crippen LogP contribution in [0.3, 0.4) is 0 Å². The molecule has 0 aromatic heterocycles. The zero-order valence-electron chi connectivity index (χ0n) is 10.1. The molecule has 0 aromatic rings. The highest BCUT2D eigenvalue weighted by molar-refractivity contribution is 5.76. The van der Waals surface area contributed by atoms with Crippen molar-refractivity contribution in [2.24, 2.45) is 5.92 Å². The van der Waals surface area contributed by atoms with E-state index in [1.807, 2.05) is 4.90 Å². The van der Waals surface area contributed by atoms with Gasteiger partial charge in [0, 0.05) is 45.8 Å². The molecule has 2 aliphatic rings. The molecule has 2 heterocycles. The van der Waals surface area contributed by atoms with Crippen LogP contribution in [0, 0.1) is 5.92 Å². The number of amides is 2. The lowest BCUT2D eigenvalue weighted by molar-refractivity contribution is -0.136. The zero-order chi connectivity index (χ0) is 12.1. The van der Waals surface area contributed by atoms with Gasteiger partial charge in [-0.1, -0.05) is 0 Å². The van der Waals surface area contributed by atoms with Gasteiger partial charge >= 0.3 is 0 Å². The van der Waals surface area contributed by atoms with Gasteiger partial charge in [0.2, 0.25) is 12.3 Å². The molecule has 2 rings (SSSR count). The number of rotatable bonds is 3. The SMILES string of the molecule is O=CN1CCN(C(=O)CC2CCOCC2)CC1. The second kappa shape index (κ2) is 6.00. The number of carbonyl (C=O) groups is 2. The Hall–Kier alpha value is -1.10. The average molecular weight is 240 g/mol. The second-order valence-corrected chi connectivity index (χ2v) is 4.78. The minimum Gasteiger partial charge on any atom is -0.381 e. The molecule has 2 amide bonds. The third-order valence-electron chi connectivity index (χ3n) is 3.62. The minimum atomic E-state index is 0.238. The van der Waals surface area contributed by atoms with Crippen molar-refractivity contribution >= 4 is 12.3 Å². The summed E-state index contributed by atoms with van der Waals surface area (Å²) in [6, 6.07) is 0. The third-order valence-corrected chi connectivity index (χ3v) is 3.62. The maximum absolute atomic E-state index is 12.0. The van der Waals surface area contributed by atoms with Crippen molar-refractivity contribution < 1.29 is 14.3 Å². The Balaban J connectivity index is 1.74. The molecule has 0 N–H and O–H groups in total. The number of hydrogen-bond donors (Lipinski definition) is 0. The fourth-order valence-electron chi connectivity index (χ4n) is 2.40. The number of carbonyl (C=O) groups excluding carboxylic acids is 2. The first kappa shape index (κ1) is 12.4. The molecule has 0 radical (unpaired) electrons. The maximum Gasteiger partial charge on any atom is 0.222 e. The van der Waals surface area contributed by atoms with E-state index in [0.717, 1.165) is 32.5 Å². The summed E-state index contributed by atoms with van der Waals surface area (Å²) in [6.45, 7) is 4.28. The predicted octanol–water partition coefficient (Wildman–Crippen LogP) is 0.104. The molecule has 0 saturated carbocycles. The highest BCUT2D eigenvalue weighted by Gasteiger charge is 2.23. The van der Waals surface area contributed by atoms with Gasteiger partial charge in [0.15, 0.2) is 0 Å². The Bertz CT molecular complexity index is 269. The molecular formula is C12H20N2O3. The van der Waals surface area contributed by atoms with E-state index in [-0.39, 0.29) is 5.91 Å². The largest absolute Gasteiger partial charge is 0.381 e. The van der Waals surface area contributed by atoms with Gasteiger partial charge in [-0.3, -0.25) is 9.59 Å². The lowest BCUT2D eigenvalue weighted by Crippen LogP contribution is -2.48. The fourth-order valence-corrected chi connectivity index (χ4v) is 2.40. The van der Waals surface area contributed by atoms with Crippen LogP contribution in [-0.4, -0.2) is 61.5 Å². The van der Waals surface area contributed by atoms with Crippen LogP contribution in [-0.2, 0) is 14.3 Å².